The van der Waals surface area contributed by atoms with Crippen LogP contribution in [0.5, 0.6) is 0 Å². The molecule has 0 bridgehead atoms. The number of benzene rings is 1. The Morgan fingerprint density at radius 1 is 1.43 bits per heavy atom. The summed E-state index contributed by atoms with van der Waals surface area (Å²) in [7, 11) is 0. The number of hydrogen-bond donors (Lipinski definition) is 1. The number of amides is 1. The molecular formula is C15H14ClN3O4. The van der Waals surface area contributed by atoms with E-state index in [0.29, 0.717) is 29.2 Å². The molecule has 0 aromatic heterocycles. The average Bonchev–Trinajstić information content (AvgIpc) is 2.53. The number of hydroxylamine groups is 2. The first-order valence-corrected chi connectivity index (χ1v) is 7.35. The second kappa shape index (κ2) is 6.39. The number of carbonyl (C=O) groups is 2. The van der Waals surface area contributed by atoms with E-state index in [1.54, 1.807) is 35.5 Å². The van der Waals surface area contributed by atoms with Crippen molar-refractivity contribution in [1.29, 1.82) is 0 Å². The monoisotopic (exact) mass is 335 g/mol. The number of carboxylic acid groups (broad SMARTS) is 1. The predicted octanol–water partition coefficient (Wildman–Crippen LogP) is 1.54. The quantitative estimate of drug-likeness (QED) is 0.902. The van der Waals surface area contributed by atoms with E-state index in [1.807, 2.05) is 0 Å². The average molecular weight is 336 g/mol. The van der Waals surface area contributed by atoms with Crippen LogP contribution in [0.1, 0.15) is 15.9 Å². The number of aliphatic imine (C=N–C) groups is 1. The third kappa shape index (κ3) is 3.35. The Morgan fingerprint density at radius 2 is 2.26 bits per heavy atom. The Bertz CT molecular complexity index is 717. The number of carboxylic acids is 1. The number of carbonyl (C=O) groups excluding carboxylic acids is 1. The van der Waals surface area contributed by atoms with Crippen molar-refractivity contribution in [3.63, 3.8) is 0 Å². The van der Waals surface area contributed by atoms with Gasteiger partial charge in [0.25, 0.3) is 5.91 Å². The van der Waals surface area contributed by atoms with Crippen molar-refractivity contribution in [3.8, 4) is 0 Å². The maximum absolute atomic E-state index is 12.6. The van der Waals surface area contributed by atoms with E-state index in [4.69, 9.17) is 21.5 Å². The van der Waals surface area contributed by atoms with Crippen LogP contribution in [0.15, 0.2) is 35.1 Å². The van der Waals surface area contributed by atoms with Crippen molar-refractivity contribution in [2.24, 2.45) is 4.99 Å². The first kappa shape index (κ1) is 15.5. The maximum atomic E-state index is 12.6. The molecular weight excluding hydrogens is 322 g/mol. The summed E-state index contributed by atoms with van der Waals surface area (Å²) < 4.78 is 0. The van der Waals surface area contributed by atoms with Gasteiger partial charge in [0.15, 0.2) is 6.61 Å². The van der Waals surface area contributed by atoms with Gasteiger partial charge in [-0.2, -0.15) is 0 Å². The van der Waals surface area contributed by atoms with E-state index in [9.17, 15) is 9.59 Å². The van der Waals surface area contributed by atoms with Crippen molar-refractivity contribution in [3.05, 3.63) is 46.2 Å². The number of aliphatic carboxylic acids is 1. The minimum atomic E-state index is -1.07. The summed E-state index contributed by atoms with van der Waals surface area (Å²) in [5, 5.41) is 10.6. The first-order chi connectivity index (χ1) is 11.0. The molecule has 2 heterocycles. The molecule has 8 heteroatoms. The lowest BCUT2D eigenvalue weighted by Crippen LogP contribution is -2.39. The highest BCUT2D eigenvalue weighted by Gasteiger charge is 2.27. The van der Waals surface area contributed by atoms with E-state index in [2.05, 4.69) is 4.99 Å². The molecule has 0 atom stereocenters. The van der Waals surface area contributed by atoms with Crippen LogP contribution < -0.4 is 0 Å². The van der Waals surface area contributed by atoms with Gasteiger partial charge in [0.05, 0.1) is 11.9 Å². The maximum Gasteiger partial charge on any atom is 0.332 e. The molecule has 1 aromatic carbocycles. The molecule has 0 spiro atoms. The Balaban J connectivity index is 1.79. The van der Waals surface area contributed by atoms with E-state index in [0.717, 1.165) is 5.56 Å². The van der Waals surface area contributed by atoms with E-state index < -0.39 is 12.6 Å². The molecule has 0 aliphatic carbocycles. The minimum Gasteiger partial charge on any atom is -0.479 e. The highest BCUT2D eigenvalue weighted by molar-refractivity contribution is 6.30. The molecule has 23 heavy (non-hydrogen) atoms. The molecule has 2 aliphatic heterocycles. The van der Waals surface area contributed by atoms with Crippen LogP contribution in [0.25, 0.3) is 0 Å². The fraction of sp³-hybridized carbons (Fsp3) is 0.267. The summed E-state index contributed by atoms with van der Waals surface area (Å²) in [6, 6.07) is 5.20. The molecule has 0 saturated heterocycles. The van der Waals surface area contributed by atoms with Gasteiger partial charge in [-0.15, -0.1) is 0 Å². The van der Waals surface area contributed by atoms with Gasteiger partial charge in [-0.3, -0.25) is 14.6 Å². The second-order valence-electron chi connectivity index (χ2n) is 5.10. The molecule has 2 aliphatic rings. The summed E-state index contributed by atoms with van der Waals surface area (Å²) >= 11 is 5.96. The molecule has 1 N–H and O–H groups in total. The molecule has 7 nitrogen and oxygen atoms in total. The SMILES string of the molecule is O=C(O)CON1C=C(N2CCc3cc(Cl)ccc3C2=O)C=NC1. The summed E-state index contributed by atoms with van der Waals surface area (Å²) in [6.07, 6.45) is 3.84. The van der Waals surface area contributed by atoms with Crippen molar-refractivity contribution >= 4 is 29.7 Å². The summed E-state index contributed by atoms with van der Waals surface area (Å²) in [4.78, 5) is 33.9. The third-order valence-corrected chi connectivity index (χ3v) is 3.77. The minimum absolute atomic E-state index is 0.138. The number of nitrogens with zero attached hydrogens (tertiary/aromatic N) is 3. The second-order valence-corrected chi connectivity index (χ2v) is 5.54. The van der Waals surface area contributed by atoms with Crippen molar-refractivity contribution in [2.45, 2.75) is 6.42 Å². The molecule has 120 valence electrons. The Hall–Kier alpha value is -2.38. The van der Waals surface area contributed by atoms with Crippen LogP contribution in [0.3, 0.4) is 0 Å². The molecule has 3 rings (SSSR count). The van der Waals surface area contributed by atoms with Gasteiger partial charge in [0.2, 0.25) is 0 Å². The van der Waals surface area contributed by atoms with Gasteiger partial charge in [-0.1, -0.05) is 11.6 Å². The lowest BCUT2D eigenvalue weighted by Gasteiger charge is -2.31. The van der Waals surface area contributed by atoms with Gasteiger partial charge in [-0.25, -0.2) is 9.86 Å². The molecule has 1 amide bonds. The number of rotatable bonds is 4. The van der Waals surface area contributed by atoms with Crippen LogP contribution in [0.2, 0.25) is 5.02 Å². The lowest BCUT2D eigenvalue weighted by molar-refractivity contribution is -0.165. The topological polar surface area (TPSA) is 82.4 Å². The first-order valence-electron chi connectivity index (χ1n) is 6.98. The fourth-order valence-electron chi connectivity index (χ4n) is 2.50. The van der Waals surface area contributed by atoms with Crippen LogP contribution in [-0.2, 0) is 16.1 Å². The lowest BCUT2D eigenvalue weighted by atomic mass is 9.98. The van der Waals surface area contributed by atoms with Crippen molar-refractivity contribution in [1.82, 2.24) is 9.96 Å². The molecule has 0 radical (unpaired) electrons. The van der Waals surface area contributed by atoms with Gasteiger partial charge in [0.1, 0.15) is 6.67 Å². The van der Waals surface area contributed by atoms with E-state index in [-0.39, 0.29) is 12.6 Å². The standard InChI is InChI=1S/C15H14ClN3O4/c16-11-1-2-13-10(5-11)3-4-19(15(13)22)12-6-17-9-18(7-12)23-8-14(20)21/h1-2,5-7H,3-4,8-9H2,(H,20,21). The number of fused-ring (bicyclic) bond motifs is 1. The Kier molecular flexibility index (Phi) is 4.31. The van der Waals surface area contributed by atoms with Crippen LogP contribution >= 0.6 is 11.6 Å². The zero-order chi connectivity index (χ0) is 16.4. The highest BCUT2D eigenvalue weighted by Crippen LogP contribution is 2.25. The van der Waals surface area contributed by atoms with Gasteiger partial charge >= 0.3 is 5.97 Å². The van der Waals surface area contributed by atoms with Crippen LogP contribution in [-0.4, -0.2) is 53.0 Å². The zero-order valence-electron chi connectivity index (χ0n) is 12.1. The van der Waals surface area contributed by atoms with Crippen molar-refractivity contribution < 1.29 is 19.5 Å². The van der Waals surface area contributed by atoms with Crippen LogP contribution in [0, 0.1) is 0 Å². The van der Waals surface area contributed by atoms with Gasteiger partial charge in [-0.05, 0) is 30.2 Å². The van der Waals surface area contributed by atoms with E-state index >= 15 is 0 Å². The zero-order valence-corrected chi connectivity index (χ0v) is 12.9. The number of halogens is 1. The normalized spacial score (nSPS) is 17.1. The number of allylic oxidation sites excluding steroid dienone is 1. The molecule has 0 unspecified atom stereocenters. The Morgan fingerprint density at radius 3 is 3.04 bits per heavy atom. The molecule has 0 saturated carbocycles. The highest BCUT2D eigenvalue weighted by atomic mass is 35.5. The predicted molar refractivity (Wildman–Crippen MR) is 83.1 cm³/mol. The smallest absolute Gasteiger partial charge is 0.332 e. The summed E-state index contributed by atoms with van der Waals surface area (Å²) in [5.41, 5.74) is 2.09. The number of hydrogen-bond acceptors (Lipinski definition) is 5. The van der Waals surface area contributed by atoms with E-state index in [1.165, 1.54) is 5.06 Å². The van der Waals surface area contributed by atoms with Gasteiger partial charge in [0, 0.05) is 23.3 Å². The third-order valence-electron chi connectivity index (χ3n) is 3.53. The van der Waals surface area contributed by atoms with Crippen molar-refractivity contribution in [2.75, 3.05) is 19.8 Å². The summed E-state index contributed by atoms with van der Waals surface area (Å²) in [5.74, 6) is -1.21. The Labute approximate surface area is 137 Å². The summed E-state index contributed by atoms with van der Waals surface area (Å²) in [6.45, 7) is 0.219. The van der Waals surface area contributed by atoms with Gasteiger partial charge < -0.3 is 10.0 Å². The van der Waals surface area contributed by atoms with Crippen LogP contribution in [0.4, 0.5) is 0 Å². The fourth-order valence-corrected chi connectivity index (χ4v) is 2.69. The molecule has 0 fully saturated rings. The largest absolute Gasteiger partial charge is 0.479 e. The molecule has 1 aromatic rings.